The van der Waals surface area contributed by atoms with Gasteiger partial charge in [0.25, 0.3) is 0 Å². The Morgan fingerprint density at radius 1 is 1.15 bits per heavy atom. The van der Waals surface area contributed by atoms with Crippen molar-refractivity contribution in [3.05, 3.63) is 58.5 Å². The molecule has 136 valence electrons. The van der Waals surface area contributed by atoms with Crippen LogP contribution in [0.2, 0.25) is 0 Å². The fourth-order valence-corrected chi connectivity index (χ4v) is 3.34. The third-order valence-electron chi connectivity index (χ3n) is 3.92. The molecule has 0 fully saturated rings. The van der Waals surface area contributed by atoms with Crippen LogP contribution in [0.4, 0.5) is 0 Å². The van der Waals surface area contributed by atoms with Crippen molar-refractivity contribution in [1.29, 1.82) is 0 Å². The van der Waals surface area contributed by atoms with Crippen molar-refractivity contribution in [2.24, 2.45) is 0 Å². The van der Waals surface area contributed by atoms with E-state index in [0.717, 1.165) is 27.2 Å². The van der Waals surface area contributed by atoms with Gasteiger partial charge in [-0.25, -0.2) is 4.79 Å². The number of carbonyl (C=O) groups excluding carboxylic acids is 1. The Bertz CT molecular complexity index is 947. The van der Waals surface area contributed by atoms with Crippen LogP contribution < -0.4 is 15.7 Å². The lowest BCUT2D eigenvalue weighted by atomic mass is 10.1. The number of nitrogens with one attached hydrogen (secondary N) is 3. The van der Waals surface area contributed by atoms with Crippen LogP contribution in [-0.2, 0) is 4.79 Å². The minimum atomic E-state index is -0.236. The number of thioether (sulfide) groups is 1. The number of benzene rings is 2. The highest BCUT2D eigenvalue weighted by Gasteiger charge is 2.11. The van der Waals surface area contributed by atoms with Crippen LogP contribution in [-0.4, -0.2) is 28.2 Å². The molecule has 26 heavy (non-hydrogen) atoms. The average molecular weight is 371 g/mol. The van der Waals surface area contributed by atoms with E-state index in [2.05, 4.69) is 15.3 Å². The molecule has 1 unspecified atom stereocenters. The number of amides is 1. The molecule has 3 rings (SSSR count). The van der Waals surface area contributed by atoms with Gasteiger partial charge in [-0.05, 0) is 55.8 Å². The number of hydrogen-bond acceptors (Lipinski definition) is 4. The number of aromatic amines is 2. The van der Waals surface area contributed by atoms with Crippen molar-refractivity contribution in [3.8, 4) is 5.75 Å². The Hall–Kier alpha value is -2.67. The number of hydrogen-bond donors (Lipinski definition) is 3. The smallest absolute Gasteiger partial charge is 0.323 e. The SMILES string of the molecule is CCOc1ccc(SCC(=O)NC(C)c2ccc3[nH]c(=O)[nH]c3c2)cc1. The molecule has 0 bridgehead atoms. The molecule has 1 amide bonds. The third kappa shape index (κ3) is 4.49. The molecule has 6 nitrogen and oxygen atoms in total. The Morgan fingerprint density at radius 3 is 2.62 bits per heavy atom. The molecule has 0 aliphatic carbocycles. The van der Waals surface area contributed by atoms with E-state index in [0.29, 0.717) is 12.4 Å². The van der Waals surface area contributed by atoms with Gasteiger partial charge in [-0.3, -0.25) is 4.79 Å². The highest BCUT2D eigenvalue weighted by molar-refractivity contribution is 8.00. The van der Waals surface area contributed by atoms with Crippen LogP contribution >= 0.6 is 11.8 Å². The number of ether oxygens (including phenoxy) is 1. The summed E-state index contributed by atoms with van der Waals surface area (Å²) >= 11 is 1.48. The maximum atomic E-state index is 12.2. The van der Waals surface area contributed by atoms with Crippen LogP contribution in [0, 0.1) is 0 Å². The summed E-state index contributed by atoms with van der Waals surface area (Å²) in [6.45, 7) is 4.50. The molecule has 3 N–H and O–H groups in total. The lowest BCUT2D eigenvalue weighted by Gasteiger charge is -2.14. The number of rotatable bonds is 7. The van der Waals surface area contributed by atoms with E-state index in [-0.39, 0.29) is 17.6 Å². The van der Waals surface area contributed by atoms with E-state index in [1.807, 2.05) is 56.3 Å². The van der Waals surface area contributed by atoms with Crippen LogP contribution in [0.25, 0.3) is 11.0 Å². The monoisotopic (exact) mass is 371 g/mol. The molecule has 2 aromatic carbocycles. The molecule has 0 aliphatic heterocycles. The number of imidazole rings is 1. The number of carbonyl (C=O) groups is 1. The van der Waals surface area contributed by atoms with Crippen molar-refractivity contribution in [3.63, 3.8) is 0 Å². The van der Waals surface area contributed by atoms with E-state index in [4.69, 9.17) is 4.74 Å². The second-order valence-corrected chi connectivity index (χ2v) is 6.92. The van der Waals surface area contributed by atoms with Gasteiger partial charge in [0.2, 0.25) is 5.91 Å². The zero-order chi connectivity index (χ0) is 18.5. The van der Waals surface area contributed by atoms with Crippen molar-refractivity contribution in [2.75, 3.05) is 12.4 Å². The normalized spacial score (nSPS) is 12.1. The number of fused-ring (bicyclic) bond motifs is 1. The standard InChI is InChI=1S/C19H21N3O3S/c1-3-25-14-5-7-15(8-6-14)26-11-18(23)20-12(2)13-4-9-16-17(10-13)22-19(24)21-16/h4-10,12H,3,11H2,1-2H3,(H,20,23)(H2,21,22,24). The zero-order valence-corrected chi connectivity index (χ0v) is 15.5. The topological polar surface area (TPSA) is 87.0 Å². The maximum absolute atomic E-state index is 12.2. The van der Waals surface area contributed by atoms with Gasteiger partial charge in [0.05, 0.1) is 29.4 Å². The molecule has 1 atom stereocenters. The minimum absolute atomic E-state index is 0.0426. The van der Waals surface area contributed by atoms with E-state index in [1.165, 1.54) is 11.8 Å². The van der Waals surface area contributed by atoms with Crippen molar-refractivity contribution < 1.29 is 9.53 Å². The van der Waals surface area contributed by atoms with Gasteiger partial charge in [0, 0.05) is 4.90 Å². The summed E-state index contributed by atoms with van der Waals surface area (Å²) < 4.78 is 5.41. The Kier molecular flexibility index (Phi) is 5.68. The van der Waals surface area contributed by atoms with Gasteiger partial charge in [0.15, 0.2) is 0 Å². The van der Waals surface area contributed by atoms with E-state index in [1.54, 1.807) is 0 Å². The molecule has 1 aromatic heterocycles. The van der Waals surface area contributed by atoms with Gasteiger partial charge in [-0.1, -0.05) is 6.07 Å². The van der Waals surface area contributed by atoms with Crippen molar-refractivity contribution in [2.45, 2.75) is 24.8 Å². The zero-order valence-electron chi connectivity index (χ0n) is 14.7. The maximum Gasteiger partial charge on any atom is 0.323 e. The summed E-state index contributed by atoms with van der Waals surface area (Å²) in [6, 6.07) is 13.2. The molecule has 0 radical (unpaired) electrons. The molecule has 0 saturated carbocycles. The first-order chi connectivity index (χ1) is 12.5. The lowest BCUT2D eigenvalue weighted by Crippen LogP contribution is -2.28. The summed E-state index contributed by atoms with van der Waals surface area (Å²) in [7, 11) is 0. The Labute approximate surface area is 155 Å². The number of aromatic nitrogens is 2. The first-order valence-corrected chi connectivity index (χ1v) is 9.40. The molecule has 0 saturated heterocycles. The fourth-order valence-electron chi connectivity index (χ4n) is 2.63. The predicted molar refractivity (Wildman–Crippen MR) is 104 cm³/mol. The second kappa shape index (κ2) is 8.14. The summed E-state index contributed by atoms with van der Waals surface area (Å²) in [5.74, 6) is 1.12. The summed E-state index contributed by atoms with van der Waals surface area (Å²) in [4.78, 5) is 30.0. The van der Waals surface area contributed by atoms with Crippen molar-refractivity contribution in [1.82, 2.24) is 15.3 Å². The van der Waals surface area contributed by atoms with Gasteiger partial charge in [0.1, 0.15) is 5.75 Å². The molecule has 7 heteroatoms. The van der Waals surface area contributed by atoms with E-state index in [9.17, 15) is 9.59 Å². The predicted octanol–water partition coefficient (Wildman–Crippen LogP) is 3.22. The first-order valence-electron chi connectivity index (χ1n) is 8.42. The largest absolute Gasteiger partial charge is 0.494 e. The Morgan fingerprint density at radius 2 is 1.88 bits per heavy atom. The highest BCUT2D eigenvalue weighted by Crippen LogP contribution is 2.22. The average Bonchev–Trinajstić information content (AvgIpc) is 3.00. The molecular weight excluding hydrogens is 350 g/mol. The molecule has 1 heterocycles. The molecule has 3 aromatic rings. The fraction of sp³-hybridized carbons (Fsp3) is 0.263. The highest BCUT2D eigenvalue weighted by atomic mass is 32.2. The van der Waals surface area contributed by atoms with E-state index >= 15 is 0 Å². The van der Waals surface area contributed by atoms with E-state index < -0.39 is 0 Å². The van der Waals surface area contributed by atoms with Crippen molar-refractivity contribution >= 4 is 28.7 Å². The van der Waals surface area contributed by atoms with Gasteiger partial charge in [-0.2, -0.15) is 0 Å². The lowest BCUT2D eigenvalue weighted by molar-refractivity contribution is -0.119. The summed E-state index contributed by atoms with van der Waals surface area (Å²) in [5.41, 5.74) is 2.19. The van der Waals surface area contributed by atoms with Crippen LogP contribution in [0.1, 0.15) is 25.5 Å². The van der Waals surface area contributed by atoms with Gasteiger partial charge >= 0.3 is 5.69 Å². The quantitative estimate of drug-likeness (QED) is 0.557. The second-order valence-electron chi connectivity index (χ2n) is 5.87. The number of H-pyrrole nitrogens is 2. The van der Waals surface area contributed by atoms with Gasteiger partial charge < -0.3 is 20.0 Å². The molecular formula is C19H21N3O3S. The summed E-state index contributed by atoms with van der Waals surface area (Å²) in [5, 5.41) is 2.98. The van der Waals surface area contributed by atoms with Crippen LogP contribution in [0.15, 0.2) is 52.2 Å². The Balaban J connectivity index is 1.55. The molecule has 0 spiro atoms. The summed E-state index contributed by atoms with van der Waals surface area (Å²) in [6.07, 6.45) is 0. The van der Waals surface area contributed by atoms with Gasteiger partial charge in [-0.15, -0.1) is 11.8 Å². The first kappa shape index (κ1) is 18.1. The minimum Gasteiger partial charge on any atom is -0.494 e. The third-order valence-corrected chi connectivity index (χ3v) is 4.93. The van der Waals surface area contributed by atoms with Crippen LogP contribution in [0.5, 0.6) is 5.75 Å². The van der Waals surface area contributed by atoms with Crippen LogP contribution in [0.3, 0.4) is 0 Å². The molecule has 0 aliphatic rings.